The third-order valence-electron chi connectivity index (χ3n) is 4.60. The van der Waals surface area contributed by atoms with Crippen LogP contribution in [-0.4, -0.2) is 57.2 Å². The molecule has 2 aliphatic rings. The molecule has 2 saturated heterocycles. The van der Waals surface area contributed by atoms with Gasteiger partial charge in [-0.1, -0.05) is 12.8 Å². The van der Waals surface area contributed by atoms with Gasteiger partial charge < -0.3 is 9.80 Å². The lowest BCUT2D eigenvalue weighted by atomic mass is 9.97. The Morgan fingerprint density at radius 3 is 2.71 bits per heavy atom. The summed E-state index contributed by atoms with van der Waals surface area (Å²) in [5.74, 6) is 0.678. The van der Waals surface area contributed by atoms with E-state index in [1.54, 1.807) is 6.20 Å². The van der Waals surface area contributed by atoms with Crippen LogP contribution in [0, 0.1) is 5.92 Å². The minimum absolute atomic E-state index is 0.0596. The molecule has 0 aliphatic carbocycles. The summed E-state index contributed by atoms with van der Waals surface area (Å²) < 4.78 is 8.01. The molecular formula is C15H24N4OS. The van der Waals surface area contributed by atoms with Crippen LogP contribution in [0.15, 0.2) is 6.20 Å². The van der Waals surface area contributed by atoms with E-state index in [2.05, 4.69) is 13.6 Å². The van der Waals surface area contributed by atoms with E-state index in [0.29, 0.717) is 11.6 Å². The second-order valence-electron chi connectivity index (χ2n) is 6.27. The van der Waals surface area contributed by atoms with Crippen LogP contribution in [0.4, 0.5) is 0 Å². The molecule has 1 aromatic rings. The number of carbonyl (C=O) groups is 1. The van der Waals surface area contributed by atoms with Crippen molar-refractivity contribution in [3.8, 4) is 0 Å². The lowest BCUT2D eigenvalue weighted by molar-refractivity contribution is 0.0636. The monoisotopic (exact) mass is 308 g/mol. The molecule has 1 amide bonds. The number of aromatic nitrogens is 2. The van der Waals surface area contributed by atoms with Gasteiger partial charge in [-0.05, 0) is 44.7 Å². The third kappa shape index (κ3) is 4.01. The zero-order chi connectivity index (χ0) is 14.5. The molecule has 1 atom stereocenters. The standard InChI is InChI=1S/C15H24N4OS/c20-15(14-10-16-21-17-14)19-9-5-6-13(12-19)11-18-7-3-1-2-4-8-18/h10,13H,1-9,11-12H2/t13-/m1/s1. The molecule has 6 heteroatoms. The van der Waals surface area contributed by atoms with Crippen LogP contribution in [0.1, 0.15) is 49.0 Å². The van der Waals surface area contributed by atoms with Gasteiger partial charge in [-0.3, -0.25) is 4.79 Å². The highest BCUT2D eigenvalue weighted by molar-refractivity contribution is 6.99. The van der Waals surface area contributed by atoms with Gasteiger partial charge in [0.25, 0.3) is 5.91 Å². The third-order valence-corrected chi connectivity index (χ3v) is 5.08. The largest absolute Gasteiger partial charge is 0.337 e. The second kappa shape index (κ2) is 7.31. The van der Waals surface area contributed by atoms with Crippen molar-refractivity contribution < 1.29 is 4.79 Å². The highest BCUT2D eigenvalue weighted by Crippen LogP contribution is 2.21. The number of hydrogen-bond donors (Lipinski definition) is 0. The average Bonchev–Trinajstić information content (AvgIpc) is 2.93. The number of amides is 1. The summed E-state index contributed by atoms with van der Waals surface area (Å²) >= 11 is 1.11. The Morgan fingerprint density at radius 2 is 2.00 bits per heavy atom. The van der Waals surface area contributed by atoms with E-state index in [1.807, 2.05) is 4.90 Å². The highest BCUT2D eigenvalue weighted by atomic mass is 32.1. The van der Waals surface area contributed by atoms with Crippen LogP contribution in [0.2, 0.25) is 0 Å². The van der Waals surface area contributed by atoms with Crippen LogP contribution >= 0.6 is 11.7 Å². The first-order valence-corrected chi connectivity index (χ1v) is 8.85. The second-order valence-corrected chi connectivity index (χ2v) is 6.82. The fourth-order valence-corrected chi connectivity index (χ4v) is 3.91. The van der Waals surface area contributed by atoms with Gasteiger partial charge in [-0.15, -0.1) is 0 Å². The summed E-state index contributed by atoms with van der Waals surface area (Å²) in [7, 11) is 0. The van der Waals surface area contributed by atoms with E-state index in [9.17, 15) is 4.79 Å². The maximum absolute atomic E-state index is 12.4. The summed E-state index contributed by atoms with van der Waals surface area (Å²) in [6.45, 7) is 5.37. The molecule has 0 N–H and O–H groups in total. The zero-order valence-electron chi connectivity index (χ0n) is 12.5. The number of nitrogens with zero attached hydrogens (tertiary/aromatic N) is 4. The molecule has 0 aromatic carbocycles. The molecule has 3 heterocycles. The van der Waals surface area contributed by atoms with Gasteiger partial charge in [0.05, 0.1) is 17.9 Å². The quantitative estimate of drug-likeness (QED) is 0.859. The maximum Gasteiger partial charge on any atom is 0.275 e. The van der Waals surface area contributed by atoms with E-state index in [0.717, 1.165) is 37.8 Å². The molecule has 0 radical (unpaired) electrons. The first-order chi connectivity index (χ1) is 10.3. The van der Waals surface area contributed by atoms with E-state index in [-0.39, 0.29) is 5.91 Å². The number of likely N-dealkylation sites (tertiary alicyclic amines) is 2. The average molecular weight is 308 g/mol. The van der Waals surface area contributed by atoms with E-state index in [4.69, 9.17) is 0 Å². The highest BCUT2D eigenvalue weighted by Gasteiger charge is 2.27. The minimum Gasteiger partial charge on any atom is -0.337 e. The number of piperidine rings is 1. The van der Waals surface area contributed by atoms with Crippen molar-refractivity contribution >= 4 is 17.6 Å². The predicted octanol–water partition coefficient (Wildman–Crippen LogP) is 2.27. The minimum atomic E-state index is 0.0596. The van der Waals surface area contributed by atoms with Gasteiger partial charge >= 0.3 is 0 Å². The van der Waals surface area contributed by atoms with Crippen LogP contribution in [-0.2, 0) is 0 Å². The lowest BCUT2D eigenvalue weighted by Crippen LogP contribution is -2.44. The summed E-state index contributed by atoms with van der Waals surface area (Å²) in [6, 6.07) is 0. The lowest BCUT2D eigenvalue weighted by Gasteiger charge is -2.35. The van der Waals surface area contributed by atoms with Crippen LogP contribution in [0.3, 0.4) is 0 Å². The molecule has 2 aliphatic heterocycles. The molecule has 5 nitrogen and oxygen atoms in total. The van der Waals surface area contributed by atoms with Crippen molar-refractivity contribution in [3.63, 3.8) is 0 Å². The molecule has 21 heavy (non-hydrogen) atoms. The maximum atomic E-state index is 12.4. The smallest absolute Gasteiger partial charge is 0.275 e. The Kier molecular flexibility index (Phi) is 5.19. The topological polar surface area (TPSA) is 49.3 Å². The number of hydrogen-bond acceptors (Lipinski definition) is 5. The van der Waals surface area contributed by atoms with Gasteiger partial charge in [0.15, 0.2) is 5.69 Å². The van der Waals surface area contributed by atoms with Gasteiger partial charge in [0, 0.05) is 19.6 Å². The fraction of sp³-hybridized carbons (Fsp3) is 0.800. The van der Waals surface area contributed by atoms with Crippen LogP contribution in [0.5, 0.6) is 0 Å². The van der Waals surface area contributed by atoms with Crippen molar-refractivity contribution in [1.29, 1.82) is 0 Å². The Balaban J connectivity index is 1.54. The van der Waals surface area contributed by atoms with Crippen molar-refractivity contribution in [2.45, 2.75) is 38.5 Å². The molecule has 0 bridgehead atoms. The molecule has 0 spiro atoms. The van der Waals surface area contributed by atoms with E-state index >= 15 is 0 Å². The van der Waals surface area contributed by atoms with Crippen molar-refractivity contribution in [2.24, 2.45) is 5.92 Å². The van der Waals surface area contributed by atoms with E-state index in [1.165, 1.54) is 45.2 Å². The Bertz CT molecular complexity index is 443. The first kappa shape index (κ1) is 14.9. The van der Waals surface area contributed by atoms with Crippen LogP contribution < -0.4 is 0 Å². The predicted molar refractivity (Wildman–Crippen MR) is 83.4 cm³/mol. The Labute approximate surface area is 130 Å². The normalized spacial score (nSPS) is 24.8. The first-order valence-electron chi connectivity index (χ1n) is 8.12. The summed E-state index contributed by atoms with van der Waals surface area (Å²) in [4.78, 5) is 17.0. The van der Waals surface area contributed by atoms with Gasteiger partial charge in [0.1, 0.15) is 0 Å². The fourth-order valence-electron chi connectivity index (χ4n) is 3.50. The molecule has 3 rings (SSSR count). The van der Waals surface area contributed by atoms with Gasteiger partial charge in [-0.2, -0.15) is 8.75 Å². The molecule has 1 aromatic heterocycles. The van der Waals surface area contributed by atoms with Crippen molar-refractivity contribution in [2.75, 3.05) is 32.7 Å². The summed E-state index contributed by atoms with van der Waals surface area (Å²) in [5.41, 5.74) is 0.510. The van der Waals surface area contributed by atoms with Crippen molar-refractivity contribution in [3.05, 3.63) is 11.9 Å². The van der Waals surface area contributed by atoms with Gasteiger partial charge in [-0.25, -0.2) is 0 Å². The molecule has 2 fully saturated rings. The molecule has 116 valence electrons. The SMILES string of the molecule is O=C(c1cnsn1)N1CCC[C@H](CN2CCCCCC2)C1. The molecular weight excluding hydrogens is 284 g/mol. The summed E-state index contributed by atoms with van der Waals surface area (Å²) in [5, 5.41) is 0. The number of rotatable bonds is 3. The Morgan fingerprint density at radius 1 is 1.19 bits per heavy atom. The summed E-state index contributed by atoms with van der Waals surface area (Å²) in [6.07, 6.45) is 9.37. The Hall–Kier alpha value is -1.01. The van der Waals surface area contributed by atoms with Crippen molar-refractivity contribution in [1.82, 2.24) is 18.5 Å². The molecule has 0 saturated carbocycles. The van der Waals surface area contributed by atoms with Gasteiger partial charge in [0.2, 0.25) is 0 Å². The van der Waals surface area contributed by atoms with Crippen LogP contribution in [0.25, 0.3) is 0 Å². The number of carbonyl (C=O) groups excluding carboxylic acids is 1. The zero-order valence-corrected chi connectivity index (χ0v) is 13.4. The van der Waals surface area contributed by atoms with E-state index < -0.39 is 0 Å². The molecule has 0 unspecified atom stereocenters.